The molecular weight excluding hydrogens is 480 g/mol. The Morgan fingerprint density at radius 2 is 1.83 bits per heavy atom. The molecule has 2 amide bonds. The number of anilines is 2. The Kier molecular flexibility index (Phi) is 6.57. The van der Waals surface area contributed by atoms with Crippen LogP contribution in [-0.2, 0) is 17.5 Å². The lowest BCUT2D eigenvalue weighted by Crippen LogP contribution is -2.48. The maximum atomic E-state index is 13.3. The molecule has 3 aromatic rings. The smallest absolute Gasteiger partial charge is 0.354 e. The number of carbonyl (C=O) groups is 2. The maximum Gasteiger partial charge on any atom is 0.418 e. The number of alkyl halides is 3. The molecule has 1 fully saturated rings. The summed E-state index contributed by atoms with van der Waals surface area (Å²) in [7, 11) is 0. The summed E-state index contributed by atoms with van der Waals surface area (Å²) in [6, 6.07) is 10.0. The molecule has 2 heterocycles. The lowest BCUT2D eigenvalue weighted by Gasteiger charge is -2.17. The molecule has 0 bridgehead atoms. The zero-order valence-corrected chi connectivity index (χ0v) is 18.5. The summed E-state index contributed by atoms with van der Waals surface area (Å²) >= 11 is 0. The minimum atomic E-state index is -4.74. The summed E-state index contributed by atoms with van der Waals surface area (Å²) in [5.74, 6) is -1.90. The van der Waals surface area contributed by atoms with Crippen LogP contribution < -0.4 is 16.0 Å². The highest BCUT2D eigenvalue weighted by molar-refractivity contribution is 6.00. The van der Waals surface area contributed by atoms with Gasteiger partial charge in [0.05, 0.1) is 40.9 Å². The van der Waals surface area contributed by atoms with E-state index < -0.39 is 34.9 Å². The van der Waals surface area contributed by atoms with Crippen molar-refractivity contribution in [3.8, 4) is 6.07 Å². The first-order valence-corrected chi connectivity index (χ1v) is 10.7. The highest BCUT2D eigenvalue weighted by Gasteiger charge is 2.51. The normalized spacial score (nSPS) is 13.9. The van der Waals surface area contributed by atoms with E-state index in [1.54, 1.807) is 0 Å². The van der Waals surface area contributed by atoms with Crippen molar-refractivity contribution in [2.45, 2.75) is 31.1 Å². The first kappa shape index (κ1) is 24.6. The molecule has 1 aromatic carbocycles. The van der Waals surface area contributed by atoms with Gasteiger partial charge in [-0.25, -0.2) is 9.37 Å². The summed E-state index contributed by atoms with van der Waals surface area (Å²) in [6.07, 6.45) is -1.30. The fourth-order valence-corrected chi connectivity index (χ4v) is 3.38. The van der Waals surface area contributed by atoms with Gasteiger partial charge in [-0.2, -0.15) is 18.4 Å². The Hall–Kier alpha value is -4.53. The van der Waals surface area contributed by atoms with Crippen LogP contribution in [0.4, 0.5) is 28.9 Å². The van der Waals surface area contributed by atoms with Gasteiger partial charge in [0, 0.05) is 6.20 Å². The summed E-state index contributed by atoms with van der Waals surface area (Å²) in [5, 5.41) is 16.7. The minimum absolute atomic E-state index is 0.0273. The zero-order chi connectivity index (χ0) is 25.9. The van der Waals surface area contributed by atoms with E-state index in [9.17, 15) is 27.2 Å². The molecule has 0 saturated heterocycles. The van der Waals surface area contributed by atoms with E-state index >= 15 is 0 Å². The molecule has 1 aliphatic rings. The van der Waals surface area contributed by atoms with Crippen LogP contribution in [0.5, 0.6) is 0 Å². The topological polar surface area (TPSA) is 120 Å². The fourth-order valence-electron chi connectivity index (χ4n) is 3.38. The summed E-state index contributed by atoms with van der Waals surface area (Å²) < 4.78 is 52.8. The van der Waals surface area contributed by atoms with Crippen LogP contribution in [0.1, 0.15) is 40.2 Å². The Morgan fingerprint density at radius 3 is 2.42 bits per heavy atom. The van der Waals surface area contributed by atoms with E-state index in [2.05, 4.69) is 25.9 Å². The van der Waals surface area contributed by atoms with Gasteiger partial charge in [-0.1, -0.05) is 0 Å². The van der Waals surface area contributed by atoms with E-state index in [-0.39, 0.29) is 29.2 Å². The largest absolute Gasteiger partial charge is 0.418 e. The standard InChI is InChI=1S/C24H18F4N6O2/c25-15-2-6-20(19(9-15)24(26,27)28)33-18-5-4-17(31-13-18)12-32-22(36)23(7-8-23)34-21(35)14-1-3-16(10-29)30-11-14/h1-6,9,11,13,33H,7-8,12H2,(H,32,36)(H,34,35). The van der Waals surface area contributed by atoms with Gasteiger partial charge in [0.15, 0.2) is 0 Å². The number of aromatic nitrogens is 2. The number of hydrogen-bond acceptors (Lipinski definition) is 6. The maximum absolute atomic E-state index is 13.3. The Morgan fingerprint density at radius 1 is 1.06 bits per heavy atom. The molecule has 0 aliphatic heterocycles. The average molecular weight is 498 g/mol. The summed E-state index contributed by atoms with van der Waals surface area (Å²) in [5.41, 5.74) is -1.47. The first-order chi connectivity index (χ1) is 17.1. The molecule has 0 atom stereocenters. The van der Waals surface area contributed by atoms with Crippen molar-refractivity contribution < 1.29 is 27.2 Å². The van der Waals surface area contributed by atoms with Gasteiger partial charge >= 0.3 is 6.18 Å². The van der Waals surface area contributed by atoms with E-state index in [0.29, 0.717) is 24.6 Å². The van der Waals surface area contributed by atoms with E-state index in [1.165, 1.54) is 36.7 Å². The molecule has 8 nitrogen and oxygen atoms in total. The van der Waals surface area contributed by atoms with E-state index in [0.717, 1.165) is 12.1 Å². The third-order valence-electron chi connectivity index (χ3n) is 5.50. The average Bonchev–Trinajstić information content (AvgIpc) is 3.64. The van der Waals surface area contributed by atoms with Crippen molar-refractivity contribution in [3.05, 3.63) is 83.2 Å². The second-order valence-electron chi connectivity index (χ2n) is 8.11. The van der Waals surface area contributed by atoms with Crippen molar-refractivity contribution in [2.75, 3.05) is 5.32 Å². The minimum Gasteiger partial charge on any atom is -0.354 e. The molecule has 36 heavy (non-hydrogen) atoms. The number of nitrogens with one attached hydrogen (secondary N) is 3. The van der Waals surface area contributed by atoms with Crippen molar-refractivity contribution in [3.63, 3.8) is 0 Å². The van der Waals surface area contributed by atoms with Crippen LogP contribution in [0.25, 0.3) is 0 Å². The van der Waals surface area contributed by atoms with Crippen LogP contribution in [0.15, 0.2) is 54.9 Å². The molecule has 2 aromatic heterocycles. The number of rotatable bonds is 7. The lowest BCUT2D eigenvalue weighted by atomic mass is 10.1. The van der Waals surface area contributed by atoms with Gasteiger partial charge in [0.2, 0.25) is 5.91 Å². The SMILES string of the molecule is N#Cc1ccc(C(=O)NC2(C(=O)NCc3ccc(Nc4ccc(F)cc4C(F)(F)F)cn3)CC2)cn1. The van der Waals surface area contributed by atoms with Crippen LogP contribution in [0.2, 0.25) is 0 Å². The molecule has 0 radical (unpaired) electrons. The van der Waals surface area contributed by atoms with E-state index in [4.69, 9.17) is 5.26 Å². The molecule has 3 N–H and O–H groups in total. The lowest BCUT2D eigenvalue weighted by molar-refractivity contribution is -0.137. The number of amides is 2. The van der Waals surface area contributed by atoms with Crippen LogP contribution in [0.3, 0.4) is 0 Å². The second kappa shape index (κ2) is 9.61. The Bertz CT molecular complexity index is 1330. The quantitative estimate of drug-likeness (QED) is 0.426. The van der Waals surface area contributed by atoms with Gasteiger partial charge in [0.25, 0.3) is 5.91 Å². The third kappa shape index (κ3) is 5.57. The predicted octanol–water partition coefficient (Wildman–Crippen LogP) is 3.83. The van der Waals surface area contributed by atoms with Gasteiger partial charge in [-0.3, -0.25) is 14.6 Å². The molecule has 0 unspecified atom stereocenters. The van der Waals surface area contributed by atoms with Gasteiger partial charge in [0.1, 0.15) is 23.1 Å². The Balaban J connectivity index is 1.34. The van der Waals surface area contributed by atoms with E-state index in [1.807, 2.05) is 6.07 Å². The van der Waals surface area contributed by atoms with Crippen LogP contribution >= 0.6 is 0 Å². The highest BCUT2D eigenvalue weighted by Crippen LogP contribution is 2.37. The molecule has 1 saturated carbocycles. The zero-order valence-electron chi connectivity index (χ0n) is 18.5. The number of nitriles is 1. The summed E-state index contributed by atoms with van der Waals surface area (Å²) in [6.45, 7) is 0.0273. The fraction of sp³-hybridized carbons (Fsp3) is 0.208. The molecule has 0 spiro atoms. The number of carbonyl (C=O) groups excluding carboxylic acids is 2. The number of nitrogens with zero attached hydrogens (tertiary/aromatic N) is 3. The van der Waals surface area contributed by atoms with Crippen molar-refractivity contribution in [2.24, 2.45) is 0 Å². The predicted molar refractivity (Wildman–Crippen MR) is 119 cm³/mol. The molecule has 184 valence electrons. The monoisotopic (exact) mass is 498 g/mol. The third-order valence-corrected chi connectivity index (χ3v) is 5.50. The molecular formula is C24H18F4N6O2. The number of benzene rings is 1. The van der Waals surface area contributed by atoms with Gasteiger partial charge in [-0.05, 0) is 55.3 Å². The first-order valence-electron chi connectivity index (χ1n) is 10.7. The number of hydrogen-bond donors (Lipinski definition) is 3. The van der Waals surface area contributed by atoms with Gasteiger partial charge < -0.3 is 16.0 Å². The van der Waals surface area contributed by atoms with Crippen molar-refractivity contribution in [1.29, 1.82) is 5.26 Å². The van der Waals surface area contributed by atoms with Crippen molar-refractivity contribution >= 4 is 23.2 Å². The second-order valence-corrected chi connectivity index (χ2v) is 8.11. The van der Waals surface area contributed by atoms with Crippen molar-refractivity contribution in [1.82, 2.24) is 20.6 Å². The van der Waals surface area contributed by atoms with Crippen LogP contribution in [0, 0.1) is 17.1 Å². The van der Waals surface area contributed by atoms with Crippen LogP contribution in [-0.4, -0.2) is 27.3 Å². The Labute approximate surface area is 202 Å². The molecule has 1 aliphatic carbocycles. The van der Waals surface area contributed by atoms with Gasteiger partial charge in [-0.15, -0.1) is 0 Å². The summed E-state index contributed by atoms with van der Waals surface area (Å²) in [4.78, 5) is 33.1. The number of halogens is 4. The molecule has 12 heteroatoms. The highest BCUT2D eigenvalue weighted by atomic mass is 19.4. The molecule has 4 rings (SSSR count). The number of pyridine rings is 2.